The lowest BCUT2D eigenvalue weighted by molar-refractivity contribution is -0.116. The first kappa shape index (κ1) is 21.6. The Morgan fingerprint density at radius 2 is 1.76 bits per heavy atom. The highest BCUT2D eigenvalue weighted by Gasteiger charge is 2.38. The molecule has 2 unspecified atom stereocenters. The number of thioether (sulfide) groups is 1. The maximum atomic E-state index is 13.5. The fourth-order valence-corrected chi connectivity index (χ4v) is 5.05. The first-order chi connectivity index (χ1) is 16.0. The molecule has 0 saturated carbocycles. The third-order valence-electron chi connectivity index (χ3n) is 5.69. The summed E-state index contributed by atoms with van der Waals surface area (Å²) < 4.78 is 1.87. The van der Waals surface area contributed by atoms with E-state index in [-0.39, 0.29) is 11.9 Å². The van der Waals surface area contributed by atoms with Crippen LogP contribution in [0.4, 0.5) is 5.69 Å². The summed E-state index contributed by atoms with van der Waals surface area (Å²) >= 11 is 7.66. The van der Waals surface area contributed by atoms with Crippen LogP contribution in [-0.2, 0) is 4.79 Å². The third kappa shape index (κ3) is 4.21. The van der Waals surface area contributed by atoms with Gasteiger partial charge in [-0.3, -0.25) is 4.79 Å². The van der Waals surface area contributed by atoms with Gasteiger partial charge in [-0.05, 0) is 37.1 Å². The number of nitrogens with one attached hydrogen (secondary N) is 2. The molecule has 0 bridgehead atoms. The van der Waals surface area contributed by atoms with Gasteiger partial charge in [-0.25, -0.2) is 4.68 Å². The van der Waals surface area contributed by atoms with Crippen LogP contribution in [0.5, 0.6) is 0 Å². The van der Waals surface area contributed by atoms with E-state index in [2.05, 4.69) is 45.2 Å². The summed E-state index contributed by atoms with van der Waals surface area (Å²) in [6.07, 6.45) is 0. The van der Waals surface area contributed by atoms with Crippen LogP contribution in [0.2, 0.25) is 5.02 Å². The highest BCUT2D eigenvalue weighted by Crippen LogP contribution is 2.39. The monoisotopic (exact) mass is 475 g/mol. The predicted molar refractivity (Wildman–Crippen MR) is 133 cm³/mol. The van der Waals surface area contributed by atoms with Crippen LogP contribution < -0.4 is 10.7 Å². The summed E-state index contributed by atoms with van der Waals surface area (Å²) in [5, 5.41) is 12.6. The summed E-state index contributed by atoms with van der Waals surface area (Å²) in [6.45, 7) is 3.94. The lowest BCUT2D eigenvalue weighted by atomic mass is 10.0. The SMILES string of the molecule is Cc1ccc(C2Nn3c(nnc3-c3ccccc3)SC2C(=O)Nc2cccc(Cl)c2C)cc1. The number of hydrogen-bond donors (Lipinski definition) is 2. The van der Waals surface area contributed by atoms with Gasteiger partial charge in [0.25, 0.3) is 0 Å². The van der Waals surface area contributed by atoms with Gasteiger partial charge in [-0.15, -0.1) is 10.2 Å². The molecule has 0 fully saturated rings. The van der Waals surface area contributed by atoms with Gasteiger partial charge in [-0.1, -0.05) is 89.6 Å². The molecule has 33 heavy (non-hydrogen) atoms. The van der Waals surface area contributed by atoms with Crippen LogP contribution in [0.25, 0.3) is 11.4 Å². The number of rotatable bonds is 4. The molecule has 0 saturated heterocycles. The number of carbonyl (C=O) groups is 1. The van der Waals surface area contributed by atoms with Crippen molar-refractivity contribution >= 4 is 35.0 Å². The molecule has 0 aliphatic carbocycles. The molecule has 8 heteroatoms. The number of halogens is 1. The molecule has 166 valence electrons. The zero-order valence-corrected chi connectivity index (χ0v) is 19.7. The molecule has 1 amide bonds. The van der Waals surface area contributed by atoms with Crippen LogP contribution in [0.15, 0.2) is 78.0 Å². The van der Waals surface area contributed by atoms with E-state index in [1.807, 2.05) is 67.1 Å². The van der Waals surface area contributed by atoms with Crippen molar-refractivity contribution in [3.8, 4) is 11.4 Å². The molecular formula is C25H22ClN5OS. The molecule has 3 aromatic carbocycles. The minimum Gasteiger partial charge on any atom is -0.325 e. The maximum Gasteiger partial charge on any atom is 0.240 e. The topological polar surface area (TPSA) is 71.8 Å². The predicted octanol–water partition coefficient (Wildman–Crippen LogP) is 5.61. The Bertz CT molecular complexity index is 1310. The van der Waals surface area contributed by atoms with Crippen LogP contribution in [0.1, 0.15) is 22.7 Å². The summed E-state index contributed by atoms with van der Waals surface area (Å²) in [7, 11) is 0. The molecular weight excluding hydrogens is 454 g/mol. The first-order valence-electron chi connectivity index (χ1n) is 10.6. The number of benzene rings is 3. The molecule has 2 atom stereocenters. The van der Waals surface area contributed by atoms with E-state index in [1.165, 1.54) is 11.8 Å². The highest BCUT2D eigenvalue weighted by atomic mass is 35.5. The second kappa shape index (κ2) is 8.92. The fourth-order valence-electron chi connectivity index (χ4n) is 3.80. The normalized spacial score (nSPS) is 17.2. The quantitative estimate of drug-likeness (QED) is 0.401. The molecule has 2 heterocycles. The van der Waals surface area contributed by atoms with Crippen molar-refractivity contribution < 1.29 is 4.79 Å². The summed E-state index contributed by atoms with van der Waals surface area (Å²) in [6, 6.07) is 23.3. The second-order valence-electron chi connectivity index (χ2n) is 7.97. The molecule has 5 rings (SSSR count). The van der Waals surface area contributed by atoms with E-state index >= 15 is 0 Å². The minimum absolute atomic E-state index is 0.126. The van der Waals surface area contributed by atoms with Crippen molar-refractivity contribution in [3.05, 3.63) is 94.5 Å². The maximum absolute atomic E-state index is 13.5. The number of anilines is 1. The Balaban J connectivity index is 1.52. The van der Waals surface area contributed by atoms with Crippen LogP contribution >= 0.6 is 23.4 Å². The minimum atomic E-state index is -0.466. The number of carbonyl (C=O) groups excluding carboxylic acids is 1. The smallest absolute Gasteiger partial charge is 0.240 e. The van der Waals surface area contributed by atoms with E-state index in [0.29, 0.717) is 21.7 Å². The Kier molecular flexibility index (Phi) is 5.83. The summed E-state index contributed by atoms with van der Waals surface area (Å²) in [5.41, 5.74) is 8.16. The van der Waals surface area contributed by atoms with E-state index in [0.717, 1.165) is 22.3 Å². The van der Waals surface area contributed by atoms with Crippen molar-refractivity contribution in [2.24, 2.45) is 0 Å². The fraction of sp³-hybridized carbons (Fsp3) is 0.160. The van der Waals surface area contributed by atoms with Crippen molar-refractivity contribution in [1.82, 2.24) is 14.9 Å². The number of hydrogen-bond acceptors (Lipinski definition) is 5. The largest absolute Gasteiger partial charge is 0.325 e. The van der Waals surface area contributed by atoms with Gasteiger partial charge in [0.05, 0.1) is 6.04 Å². The molecule has 0 radical (unpaired) electrons. The van der Waals surface area contributed by atoms with Crippen LogP contribution in [0.3, 0.4) is 0 Å². The van der Waals surface area contributed by atoms with Crippen LogP contribution in [0, 0.1) is 13.8 Å². The Labute approximate surface area is 201 Å². The van der Waals surface area contributed by atoms with Crippen molar-refractivity contribution in [1.29, 1.82) is 0 Å². The van der Waals surface area contributed by atoms with E-state index in [4.69, 9.17) is 11.6 Å². The molecule has 1 aliphatic rings. The lowest BCUT2D eigenvalue weighted by Crippen LogP contribution is -2.41. The van der Waals surface area contributed by atoms with Crippen LogP contribution in [-0.4, -0.2) is 26.0 Å². The summed E-state index contributed by atoms with van der Waals surface area (Å²) in [4.78, 5) is 13.5. The Morgan fingerprint density at radius 1 is 1.00 bits per heavy atom. The standard InChI is InChI=1S/C25H22ClN5OS/c1-15-11-13-17(14-12-15)21-22(24(32)27-20-10-6-9-19(26)16(20)2)33-25-29-28-23(31(25)30-21)18-7-4-3-5-8-18/h3-14,21-22,30H,1-2H3,(H,27,32). The number of fused-ring (bicyclic) bond motifs is 1. The van der Waals surface area contributed by atoms with E-state index in [9.17, 15) is 4.79 Å². The van der Waals surface area contributed by atoms with Gasteiger partial charge < -0.3 is 10.7 Å². The van der Waals surface area contributed by atoms with Gasteiger partial charge in [0.2, 0.25) is 11.1 Å². The van der Waals surface area contributed by atoms with Gasteiger partial charge in [-0.2, -0.15) is 0 Å². The summed E-state index contributed by atoms with van der Waals surface area (Å²) in [5.74, 6) is 0.582. The number of amides is 1. The number of aryl methyl sites for hydroxylation is 1. The highest BCUT2D eigenvalue weighted by molar-refractivity contribution is 8.00. The molecule has 4 aromatic rings. The molecule has 2 N–H and O–H groups in total. The lowest BCUT2D eigenvalue weighted by Gasteiger charge is -2.33. The Morgan fingerprint density at radius 3 is 2.52 bits per heavy atom. The Hall–Kier alpha value is -3.29. The van der Waals surface area contributed by atoms with Crippen molar-refractivity contribution in [2.75, 3.05) is 10.7 Å². The molecule has 1 aromatic heterocycles. The molecule has 1 aliphatic heterocycles. The first-order valence-corrected chi connectivity index (χ1v) is 11.8. The average Bonchev–Trinajstić information content (AvgIpc) is 3.25. The van der Waals surface area contributed by atoms with Gasteiger partial charge in [0.15, 0.2) is 5.82 Å². The van der Waals surface area contributed by atoms with Crippen molar-refractivity contribution in [3.63, 3.8) is 0 Å². The average molecular weight is 476 g/mol. The van der Waals surface area contributed by atoms with Gasteiger partial charge in [0.1, 0.15) is 5.25 Å². The zero-order chi connectivity index (χ0) is 22.9. The van der Waals surface area contributed by atoms with E-state index in [1.54, 1.807) is 0 Å². The molecule has 0 spiro atoms. The number of nitrogens with zero attached hydrogens (tertiary/aromatic N) is 3. The van der Waals surface area contributed by atoms with Crippen molar-refractivity contribution in [2.45, 2.75) is 30.3 Å². The zero-order valence-electron chi connectivity index (χ0n) is 18.1. The van der Waals surface area contributed by atoms with E-state index < -0.39 is 5.25 Å². The van der Waals surface area contributed by atoms with Gasteiger partial charge in [0, 0.05) is 16.3 Å². The molecule has 6 nitrogen and oxygen atoms in total. The van der Waals surface area contributed by atoms with Gasteiger partial charge >= 0.3 is 0 Å². The second-order valence-corrected chi connectivity index (χ2v) is 9.48. The third-order valence-corrected chi connectivity index (χ3v) is 7.31. The number of aromatic nitrogens is 3.